The Bertz CT molecular complexity index is 829. The van der Waals surface area contributed by atoms with Gasteiger partial charge in [0, 0.05) is 40.5 Å². The number of allylic oxidation sites excluding steroid dienone is 4. The van der Waals surface area contributed by atoms with Crippen LogP contribution in [0.4, 0.5) is 0 Å². The van der Waals surface area contributed by atoms with Gasteiger partial charge in [-0.3, -0.25) is 19.2 Å². The van der Waals surface area contributed by atoms with E-state index in [2.05, 4.69) is 29.9 Å². The minimum atomic E-state index is -0.562. The first-order chi connectivity index (χ1) is 18.6. The van der Waals surface area contributed by atoms with Crippen LogP contribution in [0.1, 0.15) is 114 Å². The van der Waals surface area contributed by atoms with E-state index in [1.807, 2.05) is 32.9 Å². The number of ether oxygens (including phenoxy) is 3. The van der Waals surface area contributed by atoms with Crippen molar-refractivity contribution in [1.29, 1.82) is 5.26 Å². The van der Waals surface area contributed by atoms with E-state index in [0.717, 1.165) is 38.5 Å². The second kappa shape index (κ2) is 27.3. The molecule has 0 aromatic heterocycles. The zero-order valence-corrected chi connectivity index (χ0v) is 26.0. The molecule has 0 rings (SSSR count). The summed E-state index contributed by atoms with van der Waals surface area (Å²) in [5, 5.41) is 8.32. The molecule has 0 aliphatic carbocycles. The van der Waals surface area contributed by atoms with Crippen LogP contribution >= 0.6 is 0 Å². The van der Waals surface area contributed by atoms with E-state index in [-0.39, 0.29) is 29.9 Å². The average Bonchev–Trinajstić information content (AvgIpc) is 2.81. The van der Waals surface area contributed by atoms with Crippen LogP contribution in [0, 0.1) is 23.2 Å². The summed E-state index contributed by atoms with van der Waals surface area (Å²) in [5.74, 6) is -0.664. The molecule has 0 aromatic rings. The van der Waals surface area contributed by atoms with Gasteiger partial charge in [-0.15, -0.1) is 0 Å². The second-order valence-electron chi connectivity index (χ2n) is 9.73. The molecular formula is C31H51NO8. The van der Waals surface area contributed by atoms with Gasteiger partial charge in [-0.2, -0.15) is 5.26 Å². The third-order valence-corrected chi connectivity index (χ3v) is 5.52. The first-order valence-corrected chi connectivity index (χ1v) is 13.8. The van der Waals surface area contributed by atoms with Gasteiger partial charge in [0.1, 0.15) is 18.0 Å². The number of ketones is 1. The Kier molecular flexibility index (Phi) is 28.1. The van der Waals surface area contributed by atoms with Gasteiger partial charge >= 0.3 is 23.9 Å². The smallest absolute Gasteiger partial charge is 0.310 e. The van der Waals surface area contributed by atoms with Crippen molar-refractivity contribution >= 4 is 29.7 Å². The van der Waals surface area contributed by atoms with Crippen molar-refractivity contribution in [1.82, 2.24) is 0 Å². The Hall–Kier alpha value is -3.28. The lowest BCUT2D eigenvalue weighted by molar-refractivity contribution is -0.156. The average molecular weight is 566 g/mol. The van der Waals surface area contributed by atoms with Gasteiger partial charge in [0.25, 0.3) is 0 Å². The number of hydrogen-bond donors (Lipinski definition) is 0. The summed E-state index contributed by atoms with van der Waals surface area (Å²) in [6.45, 7) is 14.8. The van der Waals surface area contributed by atoms with E-state index in [9.17, 15) is 24.0 Å². The molecule has 9 nitrogen and oxygen atoms in total. The summed E-state index contributed by atoms with van der Waals surface area (Å²) in [6, 6.07) is 2.08. The van der Waals surface area contributed by atoms with Gasteiger partial charge in [-0.1, -0.05) is 38.2 Å². The highest BCUT2D eigenvalue weighted by molar-refractivity contribution is 5.82. The minimum absolute atomic E-state index is 0.0372. The van der Waals surface area contributed by atoms with Crippen LogP contribution in [0.25, 0.3) is 0 Å². The summed E-state index contributed by atoms with van der Waals surface area (Å²) < 4.78 is 14.2. The molecule has 0 aliphatic rings. The van der Waals surface area contributed by atoms with Crippen LogP contribution in [-0.4, -0.2) is 41.9 Å². The molecule has 0 bridgehead atoms. The number of hydrogen-bond acceptors (Lipinski definition) is 9. The highest BCUT2D eigenvalue weighted by atomic mass is 16.6. The van der Waals surface area contributed by atoms with Gasteiger partial charge in [-0.25, -0.2) is 0 Å². The molecule has 0 radical (unpaired) electrons. The van der Waals surface area contributed by atoms with Crippen LogP contribution < -0.4 is 0 Å². The summed E-state index contributed by atoms with van der Waals surface area (Å²) in [6.07, 6.45) is 15.1. The molecule has 0 spiro atoms. The molecule has 0 amide bonds. The maximum Gasteiger partial charge on any atom is 0.310 e. The summed E-state index contributed by atoms with van der Waals surface area (Å²) in [7, 11) is 0. The number of rotatable bonds is 15. The Balaban J connectivity index is -0.000000560. The maximum absolute atomic E-state index is 10.8. The number of Topliss-reactive ketones (excluding diaryl/α,β-unsaturated/α-hetero) is 1. The fraction of sp³-hybridized carbons (Fsp3) is 0.677. The zero-order valence-electron chi connectivity index (χ0n) is 26.0. The predicted molar refractivity (Wildman–Crippen MR) is 155 cm³/mol. The minimum Gasteiger partial charge on any atom is -0.463 e. The van der Waals surface area contributed by atoms with E-state index in [0.29, 0.717) is 24.7 Å². The van der Waals surface area contributed by atoms with E-state index < -0.39 is 11.9 Å². The lowest BCUT2D eigenvalue weighted by atomic mass is 10.0. The van der Waals surface area contributed by atoms with Gasteiger partial charge in [0.05, 0.1) is 6.07 Å². The molecular weight excluding hydrogens is 514 g/mol. The highest BCUT2D eigenvalue weighted by Gasteiger charge is 2.13. The number of nitriles is 1. The fourth-order valence-corrected chi connectivity index (χ4v) is 2.98. The van der Waals surface area contributed by atoms with Crippen molar-refractivity contribution in [2.45, 2.75) is 126 Å². The molecule has 40 heavy (non-hydrogen) atoms. The van der Waals surface area contributed by atoms with Crippen LogP contribution in [0.5, 0.6) is 0 Å². The summed E-state index contributed by atoms with van der Waals surface area (Å²) >= 11 is 0. The quantitative estimate of drug-likeness (QED) is 0.0707. The highest BCUT2D eigenvalue weighted by Crippen LogP contribution is 2.14. The first kappa shape index (κ1) is 41.2. The van der Waals surface area contributed by atoms with Crippen molar-refractivity contribution in [3.8, 4) is 6.07 Å². The van der Waals surface area contributed by atoms with Crippen molar-refractivity contribution < 1.29 is 38.2 Å². The largest absolute Gasteiger partial charge is 0.463 e. The Morgan fingerprint density at radius 2 is 1.07 bits per heavy atom. The van der Waals surface area contributed by atoms with Crippen LogP contribution in [0.2, 0.25) is 0 Å². The SMILES string of the molecule is CC(=O)CCCC/C=C/C[C@@H](C)C(C)OC(C)=O.CC(=O)OC(C)=O.CC(=O)OC(C)[C@H](C)C/C=C/CCC#N. The van der Waals surface area contributed by atoms with Gasteiger partial charge < -0.3 is 19.0 Å². The monoisotopic (exact) mass is 565 g/mol. The molecule has 4 atom stereocenters. The van der Waals surface area contributed by atoms with E-state index in [4.69, 9.17) is 14.7 Å². The third-order valence-electron chi connectivity index (χ3n) is 5.52. The third kappa shape index (κ3) is 34.7. The van der Waals surface area contributed by atoms with Crippen molar-refractivity contribution in [2.75, 3.05) is 0 Å². The summed E-state index contributed by atoms with van der Waals surface area (Å²) in [4.78, 5) is 51.8. The Labute approximate surface area is 241 Å². The maximum atomic E-state index is 10.8. The van der Waals surface area contributed by atoms with Crippen LogP contribution in [-0.2, 0) is 38.2 Å². The molecule has 0 aliphatic heterocycles. The van der Waals surface area contributed by atoms with Gasteiger partial charge in [0.2, 0.25) is 0 Å². The second-order valence-corrected chi connectivity index (χ2v) is 9.73. The van der Waals surface area contributed by atoms with E-state index >= 15 is 0 Å². The number of unbranched alkanes of at least 4 members (excludes halogenated alkanes) is 3. The summed E-state index contributed by atoms with van der Waals surface area (Å²) in [5.41, 5.74) is 0. The van der Waals surface area contributed by atoms with Gasteiger partial charge in [-0.05, 0) is 71.1 Å². The zero-order chi connectivity index (χ0) is 31.5. The lowest BCUT2D eigenvalue weighted by Crippen LogP contribution is -2.20. The van der Waals surface area contributed by atoms with Crippen LogP contribution in [0.3, 0.4) is 0 Å². The van der Waals surface area contributed by atoms with Crippen molar-refractivity contribution in [2.24, 2.45) is 11.8 Å². The fourth-order valence-electron chi connectivity index (χ4n) is 2.98. The first-order valence-electron chi connectivity index (χ1n) is 13.8. The van der Waals surface area contributed by atoms with Crippen molar-refractivity contribution in [3.63, 3.8) is 0 Å². The molecule has 0 saturated heterocycles. The number of nitrogens with zero attached hydrogens (tertiary/aromatic N) is 1. The lowest BCUT2D eigenvalue weighted by Gasteiger charge is -2.17. The molecule has 0 N–H and O–H groups in total. The number of carbonyl (C=O) groups is 5. The molecule has 2 unspecified atom stereocenters. The van der Waals surface area contributed by atoms with Gasteiger partial charge in [0.15, 0.2) is 0 Å². The molecule has 228 valence electrons. The Morgan fingerprint density at radius 3 is 1.40 bits per heavy atom. The molecule has 0 aromatic carbocycles. The standard InChI is InChI=1S/C15H26O3.C12H19NO2.C4H6O3/c1-12(14(3)18-15(4)17)10-8-6-5-7-9-11-13(2)16;1-10(11(2)15-12(3)14)8-6-4-5-7-9-13;1-3(5)7-4(2)6/h6,8,12,14H,5,7,9-11H2,1-4H3;4,6,10-11H,5,7-8H2,1-3H3;1-2H3/b8-6+;6-4+;/t12-,14?;10-,11?;/m11./s1. The topological polar surface area (TPSA) is 137 Å². The van der Waals surface area contributed by atoms with E-state index in [1.54, 1.807) is 6.92 Å². The molecule has 0 saturated carbocycles. The van der Waals surface area contributed by atoms with E-state index in [1.165, 1.54) is 27.7 Å². The molecule has 9 heteroatoms. The predicted octanol–water partition coefficient (Wildman–Crippen LogP) is 6.59. The molecule has 0 fully saturated rings. The van der Waals surface area contributed by atoms with Crippen molar-refractivity contribution in [3.05, 3.63) is 24.3 Å². The Morgan fingerprint density at radius 1 is 0.650 bits per heavy atom. The van der Waals surface area contributed by atoms with Crippen LogP contribution in [0.15, 0.2) is 24.3 Å². The number of carbonyl (C=O) groups excluding carboxylic acids is 5. The number of esters is 4. The normalized spacial score (nSPS) is 13.3. The molecule has 0 heterocycles.